The number of nitrogens with zero attached hydrogens (tertiary/aromatic N) is 1. The quantitative estimate of drug-likeness (QED) is 0.687. The van der Waals surface area contributed by atoms with Gasteiger partial charge in [0.2, 0.25) is 10.0 Å². The fourth-order valence-corrected chi connectivity index (χ4v) is 4.98. The number of anilines is 1. The van der Waals surface area contributed by atoms with E-state index in [9.17, 15) is 17.6 Å². The fourth-order valence-electron chi connectivity index (χ4n) is 3.11. The van der Waals surface area contributed by atoms with Crippen LogP contribution in [0.15, 0.2) is 41.3 Å². The molecule has 0 aromatic heterocycles. The maximum atomic E-state index is 13.2. The first-order valence-electron chi connectivity index (χ1n) is 9.37. The lowest BCUT2D eigenvalue weighted by Gasteiger charge is -2.26. The van der Waals surface area contributed by atoms with Crippen LogP contribution < -0.4 is 14.8 Å². The highest BCUT2D eigenvalue weighted by Gasteiger charge is 2.29. The summed E-state index contributed by atoms with van der Waals surface area (Å²) < 4.78 is 51.2. The van der Waals surface area contributed by atoms with Gasteiger partial charge in [-0.05, 0) is 43.2 Å². The lowest BCUT2D eigenvalue weighted by atomic mass is 10.2. The molecule has 1 saturated heterocycles. The van der Waals surface area contributed by atoms with Gasteiger partial charge < -0.3 is 14.8 Å². The predicted molar refractivity (Wildman–Crippen MR) is 111 cm³/mol. The summed E-state index contributed by atoms with van der Waals surface area (Å²) in [6.45, 7) is 0.550. The topological polar surface area (TPSA) is 84.9 Å². The third kappa shape index (κ3) is 5.21. The second-order valence-corrected chi connectivity index (χ2v) is 9.06. The molecule has 2 aromatic carbocycles. The Hall–Kier alpha value is -2.36. The van der Waals surface area contributed by atoms with Crippen molar-refractivity contribution in [2.75, 3.05) is 32.1 Å². The lowest BCUT2D eigenvalue weighted by molar-refractivity contribution is -0.118. The van der Waals surface area contributed by atoms with Crippen molar-refractivity contribution >= 4 is 33.2 Å². The Morgan fingerprint density at radius 1 is 1.17 bits per heavy atom. The first-order valence-corrected chi connectivity index (χ1v) is 11.2. The smallest absolute Gasteiger partial charge is 0.262 e. The van der Waals surface area contributed by atoms with Crippen LogP contribution in [-0.2, 0) is 14.8 Å². The molecule has 2 aromatic rings. The molecule has 1 heterocycles. The van der Waals surface area contributed by atoms with Crippen LogP contribution in [0.5, 0.6) is 11.5 Å². The number of hydrogen-bond acceptors (Lipinski definition) is 5. The molecule has 0 unspecified atom stereocenters. The van der Waals surface area contributed by atoms with Gasteiger partial charge in [-0.15, -0.1) is 0 Å². The average molecular weight is 457 g/mol. The lowest BCUT2D eigenvalue weighted by Crippen LogP contribution is -2.35. The SMILES string of the molecule is COc1ccc(NC(=O)COc2ccc(F)c(Cl)c2)cc1S(=O)(=O)N1CCCCC1. The number of halogens is 2. The predicted octanol–water partition coefficient (Wildman–Crippen LogP) is 3.68. The van der Waals surface area contributed by atoms with E-state index in [1.807, 2.05) is 0 Å². The number of benzene rings is 2. The van der Waals surface area contributed by atoms with Gasteiger partial charge in [0.1, 0.15) is 22.2 Å². The molecule has 0 bridgehead atoms. The third-order valence-corrected chi connectivity index (χ3v) is 6.85. The molecular weight excluding hydrogens is 435 g/mol. The minimum absolute atomic E-state index is 0.00376. The molecule has 30 heavy (non-hydrogen) atoms. The van der Waals surface area contributed by atoms with Crippen LogP contribution in [-0.4, -0.2) is 45.4 Å². The first kappa shape index (κ1) is 22.3. The summed E-state index contributed by atoms with van der Waals surface area (Å²) in [4.78, 5) is 12.2. The number of carbonyl (C=O) groups is 1. The minimum atomic E-state index is -3.75. The maximum Gasteiger partial charge on any atom is 0.262 e. The molecule has 3 rings (SSSR count). The van der Waals surface area contributed by atoms with E-state index in [1.54, 1.807) is 6.07 Å². The number of amides is 1. The van der Waals surface area contributed by atoms with Crippen molar-refractivity contribution in [3.05, 3.63) is 47.2 Å². The van der Waals surface area contributed by atoms with Crippen LogP contribution in [0.3, 0.4) is 0 Å². The van der Waals surface area contributed by atoms with E-state index in [1.165, 1.54) is 35.7 Å². The molecule has 162 valence electrons. The Morgan fingerprint density at radius 2 is 1.90 bits per heavy atom. The van der Waals surface area contributed by atoms with Crippen molar-refractivity contribution < 1.29 is 27.1 Å². The van der Waals surface area contributed by atoms with Crippen molar-refractivity contribution in [1.82, 2.24) is 4.31 Å². The number of ether oxygens (including phenoxy) is 2. The number of piperidine rings is 1. The molecule has 1 N–H and O–H groups in total. The van der Waals surface area contributed by atoms with Crippen molar-refractivity contribution in [3.63, 3.8) is 0 Å². The summed E-state index contributed by atoms with van der Waals surface area (Å²) in [7, 11) is -2.36. The third-order valence-electron chi connectivity index (χ3n) is 4.64. The van der Waals surface area contributed by atoms with Gasteiger partial charge in [-0.2, -0.15) is 4.31 Å². The zero-order chi connectivity index (χ0) is 21.7. The first-order chi connectivity index (χ1) is 14.3. The van der Waals surface area contributed by atoms with Crippen molar-refractivity contribution in [2.24, 2.45) is 0 Å². The molecule has 0 saturated carbocycles. The van der Waals surface area contributed by atoms with Gasteiger partial charge in [-0.3, -0.25) is 4.79 Å². The van der Waals surface area contributed by atoms with Gasteiger partial charge in [0.25, 0.3) is 5.91 Å². The van der Waals surface area contributed by atoms with Crippen molar-refractivity contribution in [2.45, 2.75) is 24.2 Å². The van der Waals surface area contributed by atoms with Crippen molar-refractivity contribution in [1.29, 1.82) is 0 Å². The fraction of sp³-hybridized carbons (Fsp3) is 0.350. The standard InChI is InChI=1S/C20H22ClFN2O5S/c1-28-18-8-5-14(11-19(18)30(26,27)24-9-3-2-4-10-24)23-20(25)13-29-15-6-7-17(22)16(21)12-15/h5-8,11-12H,2-4,9-10,13H2,1H3,(H,23,25). The molecular formula is C20H22ClFN2O5S. The molecule has 0 aliphatic carbocycles. The number of sulfonamides is 1. The van der Waals surface area contributed by atoms with E-state index in [0.717, 1.165) is 25.3 Å². The van der Waals surface area contributed by atoms with E-state index in [0.29, 0.717) is 13.1 Å². The molecule has 0 radical (unpaired) electrons. The van der Waals surface area contributed by atoms with Gasteiger partial charge in [-0.25, -0.2) is 12.8 Å². The molecule has 1 aliphatic rings. The summed E-state index contributed by atoms with van der Waals surface area (Å²) in [6, 6.07) is 8.16. The van der Waals surface area contributed by atoms with Crippen LogP contribution in [0, 0.1) is 5.82 Å². The van der Waals surface area contributed by atoms with E-state index in [-0.39, 0.29) is 33.7 Å². The Labute approximate surface area is 179 Å². The Morgan fingerprint density at radius 3 is 2.57 bits per heavy atom. The highest BCUT2D eigenvalue weighted by molar-refractivity contribution is 7.89. The zero-order valence-electron chi connectivity index (χ0n) is 16.4. The number of carbonyl (C=O) groups excluding carboxylic acids is 1. The van der Waals surface area contributed by atoms with Gasteiger partial charge in [0, 0.05) is 24.8 Å². The Kier molecular flexibility index (Phi) is 7.17. The van der Waals surface area contributed by atoms with Gasteiger partial charge in [-0.1, -0.05) is 18.0 Å². The number of methoxy groups -OCH3 is 1. The van der Waals surface area contributed by atoms with Crippen LogP contribution in [0.25, 0.3) is 0 Å². The van der Waals surface area contributed by atoms with E-state index >= 15 is 0 Å². The Balaban J connectivity index is 1.72. The molecule has 7 nitrogen and oxygen atoms in total. The summed E-state index contributed by atoms with van der Waals surface area (Å²) in [5, 5.41) is 2.48. The summed E-state index contributed by atoms with van der Waals surface area (Å²) in [5.74, 6) is -0.661. The van der Waals surface area contributed by atoms with Crippen molar-refractivity contribution in [3.8, 4) is 11.5 Å². The van der Waals surface area contributed by atoms with Crippen LogP contribution in [0.1, 0.15) is 19.3 Å². The number of rotatable bonds is 7. The van der Waals surface area contributed by atoms with Gasteiger partial charge in [0.15, 0.2) is 6.61 Å². The second-order valence-electron chi connectivity index (χ2n) is 6.74. The molecule has 0 spiro atoms. The maximum absolute atomic E-state index is 13.2. The Bertz CT molecular complexity index is 1030. The number of nitrogens with one attached hydrogen (secondary N) is 1. The van der Waals surface area contributed by atoms with Crippen LogP contribution in [0.2, 0.25) is 5.02 Å². The molecule has 1 aliphatic heterocycles. The zero-order valence-corrected chi connectivity index (χ0v) is 17.9. The van der Waals surface area contributed by atoms with E-state index < -0.39 is 21.7 Å². The number of hydrogen-bond donors (Lipinski definition) is 1. The van der Waals surface area contributed by atoms with E-state index in [4.69, 9.17) is 21.1 Å². The van der Waals surface area contributed by atoms with E-state index in [2.05, 4.69) is 5.32 Å². The van der Waals surface area contributed by atoms with Crippen LogP contribution in [0.4, 0.5) is 10.1 Å². The highest BCUT2D eigenvalue weighted by Crippen LogP contribution is 2.31. The summed E-state index contributed by atoms with van der Waals surface area (Å²) in [5.41, 5.74) is 0.289. The van der Waals surface area contributed by atoms with Crippen LogP contribution >= 0.6 is 11.6 Å². The molecule has 1 fully saturated rings. The largest absolute Gasteiger partial charge is 0.495 e. The normalized spacial score (nSPS) is 14.9. The molecule has 0 atom stereocenters. The van der Waals surface area contributed by atoms with Gasteiger partial charge >= 0.3 is 0 Å². The monoisotopic (exact) mass is 456 g/mol. The average Bonchev–Trinajstić information content (AvgIpc) is 2.75. The molecule has 1 amide bonds. The molecule has 10 heteroatoms. The van der Waals surface area contributed by atoms with Gasteiger partial charge in [0.05, 0.1) is 12.1 Å². The highest BCUT2D eigenvalue weighted by atomic mass is 35.5. The minimum Gasteiger partial charge on any atom is -0.495 e. The summed E-state index contributed by atoms with van der Waals surface area (Å²) in [6.07, 6.45) is 2.62. The summed E-state index contributed by atoms with van der Waals surface area (Å²) >= 11 is 5.68. The second kappa shape index (κ2) is 9.63.